The van der Waals surface area contributed by atoms with Crippen molar-refractivity contribution < 1.29 is 19.9 Å². The van der Waals surface area contributed by atoms with Crippen molar-refractivity contribution in [2.24, 2.45) is 0 Å². The van der Waals surface area contributed by atoms with Crippen LogP contribution < -0.4 is 26.0 Å². The zero-order valence-corrected chi connectivity index (χ0v) is 17.6. The second kappa shape index (κ2) is 7.61. The van der Waals surface area contributed by atoms with Crippen LogP contribution in [0.2, 0.25) is 0 Å². The molecule has 9 nitrogen and oxygen atoms in total. The van der Waals surface area contributed by atoms with Crippen molar-refractivity contribution in [2.45, 2.75) is 12.5 Å². The van der Waals surface area contributed by atoms with Gasteiger partial charge in [-0.25, -0.2) is 9.36 Å². The zero-order valence-electron chi connectivity index (χ0n) is 17.6. The Morgan fingerprint density at radius 2 is 1.84 bits per heavy atom. The van der Waals surface area contributed by atoms with Crippen molar-refractivity contribution in [3.63, 3.8) is 0 Å². The van der Waals surface area contributed by atoms with E-state index in [9.17, 15) is 14.7 Å². The number of ether oxygens (including phenoxy) is 2. The number of rotatable bonds is 4. The summed E-state index contributed by atoms with van der Waals surface area (Å²) in [5.74, 6) is 0.882. The van der Waals surface area contributed by atoms with E-state index in [1.807, 2.05) is 23.5 Å². The molecule has 0 unspecified atom stereocenters. The number of nitrogens with one attached hydrogen (secondary N) is 2. The van der Waals surface area contributed by atoms with Crippen LogP contribution >= 0.6 is 0 Å². The van der Waals surface area contributed by atoms with Gasteiger partial charge in [0.1, 0.15) is 17.1 Å². The first-order valence-corrected chi connectivity index (χ1v) is 10.3. The molecule has 0 saturated carbocycles. The van der Waals surface area contributed by atoms with Crippen LogP contribution in [0.1, 0.15) is 22.9 Å². The minimum absolute atomic E-state index is 0.117. The highest BCUT2D eigenvalue weighted by atomic mass is 16.5. The molecule has 2 aromatic carbocycles. The van der Waals surface area contributed by atoms with E-state index in [0.717, 1.165) is 45.4 Å². The van der Waals surface area contributed by atoms with Gasteiger partial charge in [-0.05, 0) is 35.9 Å². The lowest BCUT2D eigenvalue weighted by Gasteiger charge is -2.22. The van der Waals surface area contributed by atoms with Gasteiger partial charge in [-0.1, -0.05) is 6.07 Å². The zero-order chi connectivity index (χ0) is 22.4. The number of H-pyrrole nitrogens is 2. The lowest BCUT2D eigenvalue weighted by atomic mass is 9.95. The van der Waals surface area contributed by atoms with Gasteiger partial charge in [-0.2, -0.15) is 0 Å². The van der Waals surface area contributed by atoms with Crippen LogP contribution in [0.25, 0.3) is 16.6 Å². The molecule has 0 saturated heterocycles. The number of methoxy groups -OCH3 is 2. The maximum atomic E-state index is 12.9. The van der Waals surface area contributed by atoms with Crippen molar-refractivity contribution in [3.8, 4) is 23.1 Å². The summed E-state index contributed by atoms with van der Waals surface area (Å²) in [6, 6.07) is 12.0. The maximum absolute atomic E-state index is 12.9. The van der Waals surface area contributed by atoms with Gasteiger partial charge in [0, 0.05) is 23.4 Å². The Morgan fingerprint density at radius 1 is 1.06 bits per heavy atom. The number of hydrogen-bond donors (Lipinski definition) is 4. The molecule has 1 atom stereocenters. The molecule has 32 heavy (non-hydrogen) atoms. The van der Waals surface area contributed by atoms with Crippen LogP contribution in [-0.4, -0.2) is 40.4 Å². The van der Waals surface area contributed by atoms with E-state index in [0.29, 0.717) is 11.4 Å². The summed E-state index contributed by atoms with van der Waals surface area (Å²) in [6.45, 7) is 0.721. The molecule has 3 heterocycles. The first-order chi connectivity index (χ1) is 15.5. The summed E-state index contributed by atoms with van der Waals surface area (Å²) in [7, 11) is 3.14. The summed E-state index contributed by atoms with van der Waals surface area (Å²) in [5.41, 5.74) is 2.00. The molecule has 0 aliphatic carbocycles. The van der Waals surface area contributed by atoms with E-state index in [-0.39, 0.29) is 5.56 Å². The van der Waals surface area contributed by atoms with Crippen LogP contribution in [0.3, 0.4) is 0 Å². The second-order valence-electron chi connectivity index (χ2n) is 7.71. The number of aromatic hydroxyl groups is 1. The number of fused-ring (bicyclic) bond motifs is 3. The number of quaternary nitrogens is 1. The van der Waals surface area contributed by atoms with Crippen molar-refractivity contribution in [3.05, 3.63) is 80.1 Å². The molecular formula is C23H23N4O5+. The van der Waals surface area contributed by atoms with Gasteiger partial charge in [0.05, 0.1) is 32.1 Å². The molecule has 1 aliphatic rings. The summed E-state index contributed by atoms with van der Waals surface area (Å²) in [6.07, 6.45) is 0.799. The highest BCUT2D eigenvalue weighted by Gasteiger charge is 2.34. The minimum Gasteiger partial charge on any atom is -0.497 e. The van der Waals surface area contributed by atoms with Gasteiger partial charge < -0.3 is 24.9 Å². The minimum atomic E-state index is -0.720. The molecule has 1 aliphatic heterocycles. The Hall–Kier alpha value is -3.98. The fraction of sp³-hybridized carbons (Fsp3) is 0.217. The molecule has 4 aromatic rings. The molecule has 5 N–H and O–H groups in total. The van der Waals surface area contributed by atoms with Crippen molar-refractivity contribution in [1.82, 2.24) is 14.5 Å². The maximum Gasteiger partial charge on any atom is 0.335 e. The van der Waals surface area contributed by atoms with Crippen LogP contribution in [0.15, 0.2) is 52.1 Å². The monoisotopic (exact) mass is 435 g/mol. The first-order valence-electron chi connectivity index (χ1n) is 10.3. The van der Waals surface area contributed by atoms with Gasteiger partial charge in [-0.15, -0.1) is 0 Å². The number of nitrogens with two attached hydrogens (primary N) is 1. The Kier molecular flexibility index (Phi) is 4.75. The molecule has 2 aromatic heterocycles. The van der Waals surface area contributed by atoms with E-state index < -0.39 is 23.2 Å². The highest BCUT2D eigenvalue weighted by molar-refractivity contribution is 5.86. The van der Waals surface area contributed by atoms with Gasteiger partial charge in [-0.3, -0.25) is 9.78 Å². The number of hydrogen-bond acceptors (Lipinski definition) is 5. The van der Waals surface area contributed by atoms with E-state index in [1.165, 1.54) is 7.11 Å². The average Bonchev–Trinajstić information content (AvgIpc) is 3.17. The standard InChI is InChI=1S/C23H22N4O5/c1-31-13-5-3-4-12(10-13)27-22(29)18(21(28)26-23(27)30)20-19-15(8-9-24-20)16-11-14(32-2)6-7-17(16)25-19/h3-7,10-11,20,24-25,29H,8-9H2,1-2H3,(H,26,28,30)/p+1/t20-/m1/s1. The molecule has 0 radical (unpaired) electrons. The third-order valence-corrected chi connectivity index (χ3v) is 6.00. The summed E-state index contributed by atoms with van der Waals surface area (Å²) < 4.78 is 11.7. The topological polar surface area (TPSA) is 126 Å². The molecule has 9 heteroatoms. The quantitative estimate of drug-likeness (QED) is 0.380. The van der Waals surface area contributed by atoms with E-state index in [1.54, 1.807) is 31.4 Å². The highest BCUT2D eigenvalue weighted by Crippen LogP contribution is 2.34. The molecular weight excluding hydrogens is 412 g/mol. The average molecular weight is 435 g/mol. The number of aromatic nitrogens is 3. The largest absolute Gasteiger partial charge is 0.497 e. The molecule has 164 valence electrons. The first kappa shape index (κ1) is 20.0. The van der Waals surface area contributed by atoms with Crippen LogP contribution in [-0.2, 0) is 6.42 Å². The van der Waals surface area contributed by atoms with E-state index in [2.05, 4.69) is 9.97 Å². The molecule has 0 amide bonds. The fourth-order valence-corrected chi connectivity index (χ4v) is 4.49. The summed E-state index contributed by atoms with van der Waals surface area (Å²) in [5, 5.41) is 14.2. The van der Waals surface area contributed by atoms with Crippen LogP contribution in [0.5, 0.6) is 17.4 Å². The Labute approximate surface area is 182 Å². The third-order valence-electron chi connectivity index (χ3n) is 6.00. The third kappa shape index (κ3) is 3.05. The fourth-order valence-electron chi connectivity index (χ4n) is 4.49. The predicted octanol–water partition coefficient (Wildman–Crippen LogP) is 0.939. The van der Waals surface area contributed by atoms with Crippen LogP contribution in [0, 0.1) is 0 Å². The summed E-state index contributed by atoms with van der Waals surface area (Å²) in [4.78, 5) is 31.3. The van der Waals surface area contributed by atoms with Crippen molar-refractivity contribution >= 4 is 10.9 Å². The Morgan fingerprint density at radius 3 is 2.62 bits per heavy atom. The predicted molar refractivity (Wildman–Crippen MR) is 118 cm³/mol. The van der Waals surface area contributed by atoms with Gasteiger partial charge >= 0.3 is 5.69 Å². The summed E-state index contributed by atoms with van der Waals surface area (Å²) >= 11 is 0. The molecule has 0 bridgehead atoms. The molecule has 0 fully saturated rings. The molecule has 5 rings (SSSR count). The van der Waals surface area contributed by atoms with Crippen LogP contribution in [0.4, 0.5) is 0 Å². The van der Waals surface area contributed by atoms with Crippen molar-refractivity contribution in [2.75, 3.05) is 20.8 Å². The number of aromatic amines is 2. The second-order valence-corrected chi connectivity index (χ2v) is 7.71. The SMILES string of the molecule is COc1cccc(-n2c(O)c([C@H]3[NH2+]CCc4c3[nH]c3ccc(OC)cc43)c(=O)[nH]c2=O)c1. The smallest absolute Gasteiger partial charge is 0.335 e. The number of benzene rings is 2. The normalized spacial score (nSPS) is 15.5. The lowest BCUT2D eigenvalue weighted by molar-refractivity contribution is -0.690. The lowest BCUT2D eigenvalue weighted by Crippen LogP contribution is -2.87. The van der Waals surface area contributed by atoms with Gasteiger partial charge in [0.25, 0.3) is 5.56 Å². The van der Waals surface area contributed by atoms with Crippen molar-refractivity contribution in [1.29, 1.82) is 0 Å². The molecule has 0 spiro atoms. The van der Waals surface area contributed by atoms with Gasteiger partial charge in [0.15, 0.2) is 6.04 Å². The van der Waals surface area contributed by atoms with Gasteiger partial charge in [0.2, 0.25) is 5.88 Å². The van der Waals surface area contributed by atoms with E-state index in [4.69, 9.17) is 9.47 Å². The Balaban J connectivity index is 1.71. The van der Waals surface area contributed by atoms with E-state index >= 15 is 0 Å². The number of nitrogens with zero attached hydrogens (tertiary/aromatic N) is 1. The Bertz CT molecular complexity index is 1450.